The van der Waals surface area contributed by atoms with Crippen LogP contribution in [0.25, 0.3) is 0 Å². The van der Waals surface area contributed by atoms with Gasteiger partial charge in [0.05, 0.1) is 18.0 Å². The summed E-state index contributed by atoms with van der Waals surface area (Å²) in [5, 5.41) is 5.01. The molecule has 0 radical (unpaired) electrons. The molecular formula is C12H17N3O3S. The maximum absolute atomic E-state index is 11.8. The molecule has 7 heteroatoms. The Morgan fingerprint density at radius 3 is 2.89 bits per heavy atom. The topological polar surface area (TPSA) is 93.4 Å². The summed E-state index contributed by atoms with van der Waals surface area (Å²) in [7, 11) is -3.53. The van der Waals surface area contributed by atoms with Crippen LogP contribution in [0.4, 0.5) is 0 Å². The van der Waals surface area contributed by atoms with Crippen molar-refractivity contribution in [3.63, 3.8) is 0 Å². The first-order valence-electron chi connectivity index (χ1n) is 6.03. The molecule has 1 saturated heterocycles. The van der Waals surface area contributed by atoms with Crippen molar-refractivity contribution in [3.05, 3.63) is 29.6 Å². The van der Waals surface area contributed by atoms with Crippen molar-refractivity contribution >= 4 is 15.9 Å². The van der Waals surface area contributed by atoms with E-state index in [1.54, 1.807) is 11.1 Å². The number of pyridine rings is 1. The molecule has 2 heterocycles. The summed E-state index contributed by atoms with van der Waals surface area (Å²) in [5.41, 5.74) is 1.89. The Kier molecular flexibility index (Phi) is 3.86. The Balaban J connectivity index is 2.01. The van der Waals surface area contributed by atoms with Gasteiger partial charge in [0.25, 0.3) is 0 Å². The third kappa shape index (κ3) is 4.00. The standard InChI is InChI=1S/C12H17N3O3S/c1-9-2-3-14-11(4-9)7-15-6-10(5-12(15)16)8-19(13,17)18/h2-4,10H,5-8H2,1H3,(H2,13,17,18). The van der Waals surface area contributed by atoms with Crippen LogP contribution < -0.4 is 5.14 Å². The number of primary sulfonamides is 1. The molecule has 1 aliphatic rings. The number of hydrogen-bond acceptors (Lipinski definition) is 4. The Labute approximate surface area is 112 Å². The van der Waals surface area contributed by atoms with Crippen LogP contribution in [-0.4, -0.2) is 36.5 Å². The molecule has 0 spiro atoms. The lowest BCUT2D eigenvalue weighted by atomic mass is 10.1. The molecular weight excluding hydrogens is 266 g/mol. The van der Waals surface area contributed by atoms with Gasteiger partial charge in [-0.3, -0.25) is 9.78 Å². The fraction of sp³-hybridized carbons (Fsp3) is 0.500. The van der Waals surface area contributed by atoms with Gasteiger partial charge in [-0.1, -0.05) is 0 Å². The molecule has 6 nitrogen and oxygen atoms in total. The third-order valence-electron chi connectivity index (χ3n) is 3.09. The van der Waals surface area contributed by atoms with Crippen molar-refractivity contribution in [3.8, 4) is 0 Å². The van der Waals surface area contributed by atoms with E-state index in [2.05, 4.69) is 4.98 Å². The monoisotopic (exact) mass is 283 g/mol. The lowest BCUT2D eigenvalue weighted by Gasteiger charge is -2.16. The number of carbonyl (C=O) groups is 1. The van der Waals surface area contributed by atoms with Crippen molar-refractivity contribution in [1.29, 1.82) is 0 Å². The van der Waals surface area contributed by atoms with E-state index in [4.69, 9.17) is 5.14 Å². The average molecular weight is 283 g/mol. The van der Waals surface area contributed by atoms with Crippen LogP contribution in [0.2, 0.25) is 0 Å². The minimum Gasteiger partial charge on any atom is -0.336 e. The lowest BCUT2D eigenvalue weighted by Crippen LogP contribution is -2.27. The second-order valence-corrected chi connectivity index (χ2v) is 6.66. The normalized spacial score (nSPS) is 20.0. The molecule has 1 unspecified atom stereocenters. The Morgan fingerprint density at radius 2 is 2.26 bits per heavy atom. The van der Waals surface area contributed by atoms with Gasteiger partial charge in [0.1, 0.15) is 0 Å². The number of nitrogens with two attached hydrogens (primary N) is 1. The fourth-order valence-electron chi connectivity index (χ4n) is 2.33. The van der Waals surface area contributed by atoms with Gasteiger partial charge in [0.15, 0.2) is 0 Å². The zero-order valence-corrected chi connectivity index (χ0v) is 11.6. The molecule has 2 rings (SSSR count). The van der Waals surface area contributed by atoms with Crippen molar-refractivity contribution in [2.45, 2.75) is 19.9 Å². The van der Waals surface area contributed by atoms with Gasteiger partial charge in [0, 0.05) is 25.1 Å². The molecule has 1 aromatic rings. The Morgan fingerprint density at radius 1 is 1.53 bits per heavy atom. The largest absolute Gasteiger partial charge is 0.336 e. The molecule has 1 fully saturated rings. The van der Waals surface area contributed by atoms with Gasteiger partial charge in [0.2, 0.25) is 15.9 Å². The summed E-state index contributed by atoms with van der Waals surface area (Å²) in [5.74, 6) is -0.402. The van der Waals surface area contributed by atoms with E-state index in [0.29, 0.717) is 13.1 Å². The first-order chi connectivity index (χ1) is 8.83. The molecule has 0 saturated carbocycles. The van der Waals surface area contributed by atoms with E-state index < -0.39 is 10.0 Å². The maximum atomic E-state index is 11.8. The first-order valence-corrected chi connectivity index (χ1v) is 7.75. The number of aromatic nitrogens is 1. The van der Waals surface area contributed by atoms with Gasteiger partial charge < -0.3 is 4.90 Å². The van der Waals surface area contributed by atoms with Crippen LogP contribution in [0.15, 0.2) is 18.3 Å². The second-order valence-electron chi connectivity index (χ2n) is 5.00. The van der Waals surface area contributed by atoms with E-state index in [-0.39, 0.29) is 24.0 Å². The van der Waals surface area contributed by atoms with E-state index in [0.717, 1.165) is 11.3 Å². The number of carbonyl (C=O) groups excluding carboxylic acids is 1. The van der Waals surface area contributed by atoms with Gasteiger partial charge in [-0.2, -0.15) is 0 Å². The molecule has 1 amide bonds. The van der Waals surface area contributed by atoms with Crippen LogP contribution >= 0.6 is 0 Å². The summed E-state index contributed by atoms with van der Waals surface area (Å²) in [4.78, 5) is 17.7. The number of sulfonamides is 1. The van der Waals surface area contributed by atoms with Crippen LogP contribution in [-0.2, 0) is 21.4 Å². The number of rotatable bonds is 4. The van der Waals surface area contributed by atoms with Gasteiger partial charge >= 0.3 is 0 Å². The molecule has 1 atom stereocenters. The smallest absolute Gasteiger partial charge is 0.223 e. The van der Waals surface area contributed by atoms with Crippen LogP contribution in [0.1, 0.15) is 17.7 Å². The molecule has 0 bridgehead atoms. The van der Waals surface area contributed by atoms with E-state index in [9.17, 15) is 13.2 Å². The van der Waals surface area contributed by atoms with Crippen molar-refractivity contribution in [1.82, 2.24) is 9.88 Å². The summed E-state index contributed by atoms with van der Waals surface area (Å²) < 4.78 is 22.1. The summed E-state index contributed by atoms with van der Waals surface area (Å²) in [6, 6.07) is 3.80. The molecule has 0 aromatic carbocycles. The number of hydrogen-bond donors (Lipinski definition) is 1. The highest BCUT2D eigenvalue weighted by atomic mass is 32.2. The lowest BCUT2D eigenvalue weighted by molar-refractivity contribution is -0.128. The minimum absolute atomic E-state index is 0.0445. The van der Waals surface area contributed by atoms with Crippen molar-refractivity contribution in [2.24, 2.45) is 11.1 Å². The molecule has 1 aromatic heterocycles. The average Bonchev–Trinajstić information content (AvgIpc) is 2.56. The summed E-state index contributed by atoms with van der Waals surface area (Å²) >= 11 is 0. The fourth-order valence-corrected chi connectivity index (χ4v) is 3.21. The van der Waals surface area contributed by atoms with Gasteiger partial charge in [-0.05, 0) is 24.6 Å². The van der Waals surface area contributed by atoms with E-state index in [1.165, 1.54) is 0 Å². The quantitative estimate of drug-likeness (QED) is 0.843. The Hall–Kier alpha value is -1.47. The summed E-state index contributed by atoms with van der Waals surface area (Å²) in [6.45, 7) is 2.80. The van der Waals surface area contributed by atoms with Crippen LogP contribution in [0.3, 0.4) is 0 Å². The molecule has 19 heavy (non-hydrogen) atoms. The SMILES string of the molecule is Cc1ccnc(CN2CC(CS(N)(=O)=O)CC2=O)c1. The predicted octanol–water partition coefficient (Wildman–Crippen LogP) is 0.0270. The van der Waals surface area contributed by atoms with E-state index in [1.807, 2.05) is 19.1 Å². The highest BCUT2D eigenvalue weighted by molar-refractivity contribution is 7.89. The zero-order chi connectivity index (χ0) is 14.0. The van der Waals surface area contributed by atoms with Crippen LogP contribution in [0.5, 0.6) is 0 Å². The third-order valence-corrected chi connectivity index (χ3v) is 4.02. The molecule has 104 valence electrons. The maximum Gasteiger partial charge on any atom is 0.223 e. The molecule has 0 aliphatic carbocycles. The van der Waals surface area contributed by atoms with Gasteiger partial charge in [-0.25, -0.2) is 13.6 Å². The number of likely N-dealkylation sites (tertiary alicyclic amines) is 1. The molecule has 1 aliphatic heterocycles. The number of aryl methyl sites for hydroxylation is 1. The predicted molar refractivity (Wildman–Crippen MR) is 70.5 cm³/mol. The van der Waals surface area contributed by atoms with Crippen LogP contribution in [0, 0.1) is 12.8 Å². The zero-order valence-electron chi connectivity index (χ0n) is 10.7. The number of amides is 1. The minimum atomic E-state index is -3.53. The summed E-state index contributed by atoms with van der Waals surface area (Å²) in [6.07, 6.45) is 1.94. The highest BCUT2D eigenvalue weighted by Crippen LogP contribution is 2.20. The first kappa shape index (κ1) is 14.0. The second kappa shape index (κ2) is 5.26. The van der Waals surface area contributed by atoms with E-state index >= 15 is 0 Å². The molecule has 2 N–H and O–H groups in total. The van der Waals surface area contributed by atoms with Crippen molar-refractivity contribution < 1.29 is 13.2 Å². The van der Waals surface area contributed by atoms with Crippen molar-refractivity contribution in [2.75, 3.05) is 12.3 Å². The number of nitrogens with zero attached hydrogens (tertiary/aromatic N) is 2. The highest BCUT2D eigenvalue weighted by Gasteiger charge is 2.31. The van der Waals surface area contributed by atoms with Gasteiger partial charge in [-0.15, -0.1) is 0 Å². The Bertz CT molecular complexity index is 586.